The fraction of sp³-hybridized carbons (Fsp3) is 0.360. The van der Waals surface area contributed by atoms with Crippen LogP contribution in [0.25, 0.3) is 10.9 Å². The molecule has 1 atom stereocenters. The minimum absolute atomic E-state index is 0.0150. The van der Waals surface area contributed by atoms with E-state index in [2.05, 4.69) is 4.98 Å². The van der Waals surface area contributed by atoms with E-state index >= 15 is 0 Å². The molecule has 0 bridgehead atoms. The van der Waals surface area contributed by atoms with Gasteiger partial charge in [0.1, 0.15) is 12.3 Å². The molecule has 2 aromatic carbocycles. The Morgan fingerprint density at radius 3 is 2.78 bits per heavy atom. The number of rotatable bonds is 6. The number of carbonyl (C=O) groups is 2. The van der Waals surface area contributed by atoms with Crippen molar-refractivity contribution in [2.45, 2.75) is 39.3 Å². The lowest BCUT2D eigenvalue weighted by Crippen LogP contribution is -2.44. The van der Waals surface area contributed by atoms with E-state index in [9.17, 15) is 14.4 Å². The summed E-state index contributed by atoms with van der Waals surface area (Å²) in [6, 6.07) is 14.3. The third-order valence-electron chi connectivity index (χ3n) is 5.67. The van der Waals surface area contributed by atoms with Crippen molar-refractivity contribution in [2.24, 2.45) is 5.92 Å². The zero-order valence-corrected chi connectivity index (χ0v) is 18.4. The summed E-state index contributed by atoms with van der Waals surface area (Å²) in [5.41, 5.74) is 0.960. The van der Waals surface area contributed by atoms with Crippen molar-refractivity contribution in [3.05, 3.63) is 70.8 Å². The van der Waals surface area contributed by atoms with Crippen LogP contribution >= 0.6 is 0 Å². The van der Waals surface area contributed by atoms with Gasteiger partial charge in [-0.15, -0.1) is 0 Å². The molecule has 0 spiro atoms. The summed E-state index contributed by atoms with van der Waals surface area (Å²) >= 11 is 0. The maximum absolute atomic E-state index is 13.1. The van der Waals surface area contributed by atoms with Gasteiger partial charge in [0.15, 0.2) is 5.78 Å². The first kappa shape index (κ1) is 21.7. The van der Waals surface area contributed by atoms with Gasteiger partial charge < -0.3 is 9.64 Å². The van der Waals surface area contributed by atoms with Gasteiger partial charge in [-0.1, -0.05) is 24.3 Å². The van der Waals surface area contributed by atoms with Crippen molar-refractivity contribution in [3.63, 3.8) is 0 Å². The van der Waals surface area contributed by atoms with E-state index in [1.54, 1.807) is 35.2 Å². The van der Waals surface area contributed by atoms with Crippen molar-refractivity contribution in [1.29, 1.82) is 0 Å². The van der Waals surface area contributed by atoms with Gasteiger partial charge in [-0.05, 0) is 51.0 Å². The summed E-state index contributed by atoms with van der Waals surface area (Å²) in [5.74, 6) is 0.228. The molecule has 1 aliphatic rings. The van der Waals surface area contributed by atoms with Crippen LogP contribution in [0.1, 0.15) is 37.0 Å². The van der Waals surface area contributed by atoms with Crippen molar-refractivity contribution in [3.8, 4) is 5.75 Å². The number of para-hydroxylation sites is 1. The Morgan fingerprint density at radius 2 is 1.97 bits per heavy atom. The van der Waals surface area contributed by atoms with Crippen molar-refractivity contribution in [1.82, 2.24) is 14.5 Å². The quantitative estimate of drug-likeness (QED) is 0.557. The molecular weight excluding hydrogens is 406 g/mol. The number of hydrogen-bond acceptors (Lipinski definition) is 5. The van der Waals surface area contributed by atoms with Crippen molar-refractivity contribution in [2.75, 3.05) is 13.1 Å². The van der Waals surface area contributed by atoms with Gasteiger partial charge in [0.25, 0.3) is 5.56 Å². The van der Waals surface area contributed by atoms with Crippen LogP contribution in [0.15, 0.2) is 59.7 Å². The molecule has 166 valence electrons. The smallest absolute Gasteiger partial charge is 0.261 e. The van der Waals surface area contributed by atoms with Crippen LogP contribution in [0.2, 0.25) is 0 Å². The lowest BCUT2D eigenvalue weighted by molar-refractivity contribution is -0.133. The molecule has 3 aromatic rings. The number of carbonyl (C=O) groups excluding carboxylic acids is 2. The third kappa shape index (κ3) is 4.72. The first-order valence-corrected chi connectivity index (χ1v) is 11.0. The van der Waals surface area contributed by atoms with Crippen LogP contribution in [-0.2, 0) is 11.3 Å². The molecule has 0 saturated carbocycles. The second-order valence-corrected chi connectivity index (χ2v) is 8.43. The molecule has 1 aliphatic heterocycles. The number of likely N-dealkylation sites (tertiary alicyclic amines) is 1. The Kier molecular flexibility index (Phi) is 6.35. The highest BCUT2D eigenvalue weighted by atomic mass is 16.5. The second-order valence-electron chi connectivity index (χ2n) is 8.43. The van der Waals surface area contributed by atoms with E-state index < -0.39 is 0 Å². The molecule has 1 saturated heterocycles. The molecule has 32 heavy (non-hydrogen) atoms. The Balaban J connectivity index is 1.46. The number of benzene rings is 2. The summed E-state index contributed by atoms with van der Waals surface area (Å²) in [5, 5.41) is 0.484. The van der Waals surface area contributed by atoms with Crippen LogP contribution in [0.3, 0.4) is 0 Å². The largest absolute Gasteiger partial charge is 0.491 e. The van der Waals surface area contributed by atoms with Gasteiger partial charge >= 0.3 is 0 Å². The average molecular weight is 434 g/mol. The van der Waals surface area contributed by atoms with E-state index in [-0.39, 0.29) is 35.8 Å². The number of Topliss-reactive ketones (excluding diaryl/α,β-unsaturated/α-hetero) is 1. The average Bonchev–Trinajstić information content (AvgIpc) is 2.80. The van der Waals surface area contributed by atoms with E-state index in [1.807, 2.05) is 32.0 Å². The molecule has 0 radical (unpaired) electrons. The Morgan fingerprint density at radius 1 is 1.16 bits per heavy atom. The lowest BCUT2D eigenvalue weighted by Gasteiger charge is -2.32. The van der Waals surface area contributed by atoms with E-state index in [4.69, 9.17) is 4.74 Å². The summed E-state index contributed by atoms with van der Waals surface area (Å²) in [7, 11) is 0. The molecule has 4 rings (SSSR count). The fourth-order valence-corrected chi connectivity index (χ4v) is 4.11. The zero-order chi connectivity index (χ0) is 22.7. The van der Waals surface area contributed by atoms with E-state index in [0.717, 1.165) is 12.8 Å². The third-order valence-corrected chi connectivity index (χ3v) is 5.67. The number of ketones is 1. The molecule has 1 aromatic heterocycles. The van der Waals surface area contributed by atoms with Crippen LogP contribution in [0.4, 0.5) is 0 Å². The molecule has 2 heterocycles. The summed E-state index contributed by atoms with van der Waals surface area (Å²) in [6.45, 7) is 4.72. The molecule has 7 heteroatoms. The molecule has 0 N–H and O–H groups in total. The number of fused-ring (bicyclic) bond motifs is 1. The number of nitrogens with zero attached hydrogens (tertiary/aromatic N) is 3. The van der Waals surface area contributed by atoms with Crippen molar-refractivity contribution >= 4 is 22.6 Å². The predicted octanol–water partition coefficient (Wildman–Crippen LogP) is 3.31. The second kappa shape index (κ2) is 9.34. The van der Waals surface area contributed by atoms with Crippen LogP contribution in [0, 0.1) is 5.92 Å². The SMILES string of the molecule is CC(C)Oc1cccc(C(=O)[C@@H]2CCCN(C(=O)Cn3cnc4ccccc4c3=O)C2)c1. The van der Waals surface area contributed by atoms with Gasteiger partial charge in [0.05, 0.1) is 23.3 Å². The summed E-state index contributed by atoms with van der Waals surface area (Å²) < 4.78 is 7.04. The van der Waals surface area contributed by atoms with Crippen LogP contribution in [-0.4, -0.2) is 45.3 Å². The monoisotopic (exact) mass is 433 g/mol. The fourth-order valence-electron chi connectivity index (χ4n) is 4.11. The molecule has 1 amide bonds. The number of ether oxygens (including phenoxy) is 1. The maximum atomic E-state index is 13.1. The first-order chi connectivity index (χ1) is 15.4. The molecule has 0 unspecified atom stereocenters. The van der Waals surface area contributed by atoms with E-state index in [0.29, 0.717) is 35.3 Å². The van der Waals surface area contributed by atoms with Gasteiger partial charge in [0, 0.05) is 24.6 Å². The maximum Gasteiger partial charge on any atom is 0.261 e. The van der Waals surface area contributed by atoms with Gasteiger partial charge in [-0.2, -0.15) is 0 Å². The molecule has 7 nitrogen and oxygen atoms in total. The normalized spacial score (nSPS) is 16.3. The van der Waals surface area contributed by atoms with Gasteiger partial charge in [-0.3, -0.25) is 19.0 Å². The lowest BCUT2D eigenvalue weighted by atomic mass is 9.90. The summed E-state index contributed by atoms with van der Waals surface area (Å²) in [6.07, 6.45) is 2.91. The first-order valence-electron chi connectivity index (χ1n) is 11.0. The minimum Gasteiger partial charge on any atom is -0.491 e. The van der Waals surface area contributed by atoms with E-state index in [1.165, 1.54) is 10.9 Å². The number of aromatic nitrogens is 2. The Bertz CT molecular complexity index is 1200. The Labute approximate surface area is 186 Å². The summed E-state index contributed by atoms with van der Waals surface area (Å²) in [4.78, 5) is 44.7. The highest BCUT2D eigenvalue weighted by Crippen LogP contribution is 2.24. The molecule has 1 fully saturated rings. The van der Waals surface area contributed by atoms with Crippen molar-refractivity contribution < 1.29 is 14.3 Å². The van der Waals surface area contributed by atoms with Gasteiger partial charge in [0.2, 0.25) is 5.91 Å². The highest BCUT2D eigenvalue weighted by molar-refractivity contribution is 5.98. The highest BCUT2D eigenvalue weighted by Gasteiger charge is 2.29. The number of piperidine rings is 1. The minimum atomic E-state index is -0.270. The topological polar surface area (TPSA) is 81.5 Å². The number of hydrogen-bond donors (Lipinski definition) is 0. The van der Waals surface area contributed by atoms with Crippen LogP contribution < -0.4 is 10.3 Å². The zero-order valence-electron chi connectivity index (χ0n) is 18.4. The predicted molar refractivity (Wildman–Crippen MR) is 122 cm³/mol. The van der Waals surface area contributed by atoms with Crippen LogP contribution in [0.5, 0.6) is 5.75 Å². The Hall–Kier alpha value is -3.48. The standard InChI is InChI=1S/C25H27N3O4/c1-17(2)32-20-9-5-7-18(13-20)24(30)19-8-6-12-27(14-19)23(29)15-28-16-26-22-11-4-3-10-21(22)25(28)31/h3-5,7,9-11,13,16-17,19H,6,8,12,14-15H2,1-2H3/t19-/m1/s1. The molecular formula is C25H27N3O4. The van der Waals surface area contributed by atoms with Gasteiger partial charge in [-0.25, -0.2) is 4.98 Å². The molecule has 0 aliphatic carbocycles. The number of amides is 1.